The van der Waals surface area contributed by atoms with E-state index in [1.165, 1.54) is 5.56 Å². The highest BCUT2D eigenvalue weighted by molar-refractivity contribution is 5.81. The molecule has 4 heteroatoms. The standard InChI is InChI=1S/C18H22N2O2/c1-2-13-3-5-15(6-4-13)12-20-18(22)17(19)11-14-7-9-16(21)10-8-14/h3-10,17,21H,2,11-12,19H2,1H3,(H,20,22)/t17-/m0/s1. The van der Waals surface area contributed by atoms with Crippen LogP contribution in [0.15, 0.2) is 48.5 Å². The van der Waals surface area contributed by atoms with E-state index in [-0.39, 0.29) is 11.7 Å². The van der Waals surface area contributed by atoms with Gasteiger partial charge in [0, 0.05) is 6.54 Å². The van der Waals surface area contributed by atoms with Crippen LogP contribution in [0.2, 0.25) is 0 Å². The molecule has 0 unspecified atom stereocenters. The van der Waals surface area contributed by atoms with Crippen LogP contribution in [0.25, 0.3) is 0 Å². The Morgan fingerprint density at radius 1 is 1.05 bits per heavy atom. The molecule has 1 amide bonds. The zero-order chi connectivity index (χ0) is 15.9. The number of carbonyl (C=O) groups excluding carboxylic acids is 1. The summed E-state index contributed by atoms with van der Waals surface area (Å²) in [5, 5.41) is 12.1. The van der Waals surface area contributed by atoms with Crippen LogP contribution in [-0.4, -0.2) is 17.1 Å². The third-order valence-corrected chi connectivity index (χ3v) is 3.63. The minimum Gasteiger partial charge on any atom is -0.508 e. The summed E-state index contributed by atoms with van der Waals surface area (Å²) in [6.07, 6.45) is 1.45. The predicted molar refractivity (Wildman–Crippen MR) is 87.5 cm³/mol. The summed E-state index contributed by atoms with van der Waals surface area (Å²) in [5.74, 6) is 0.0324. The van der Waals surface area contributed by atoms with Crippen molar-refractivity contribution in [3.63, 3.8) is 0 Å². The van der Waals surface area contributed by atoms with E-state index >= 15 is 0 Å². The van der Waals surface area contributed by atoms with Crippen molar-refractivity contribution in [2.45, 2.75) is 32.4 Å². The van der Waals surface area contributed by atoms with Crippen molar-refractivity contribution < 1.29 is 9.90 Å². The molecule has 0 saturated heterocycles. The Bertz CT molecular complexity index is 606. The zero-order valence-corrected chi connectivity index (χ0v) is 12.8. The second-order valence-electron chi connectivity index (χ2n) is 5.36. The normalized spacial score (nSPS) is 11.9. The van der Waals surface area contributed by atoms with Crippen molar-refractivity contribution >= 4 is 5.91 Å². The molecule has 4 nitrogen and oxygen atoms in total. The van der Waals surface area contributed by atoms with Gasteiger partial charge >= 0.3 is 0 Å². The minimum atomic E-state index is -0.598. The van der Waals surface area contributed by atoms with Crippen molar-refractivity contribution in [2.24, 2.45) is 5.73 Å². The number of benzene rings is 2. The molecule has 2 aromatic carbocycles. The van der Waals surface area contributed by atoms with E-state index in [2.05, 4.69) is 24.4 Å². The zero-order valence-electron chi connectivity index (χ0n) is 12.8. The van der Waals surface area contributed by atoms with Gasteiger partial charge in [0.25, 0.3) is 0 Å². The first-order chi connectivity index (χ1) is 10.6. The van der Waals surface area contributed by atoms with E-state index in [0.29, 0.717) is 13.0 Å². The molecule has 0 fully saturated rings. The second kappa shape index (κ2) is 7.61. The van der Waals surface area contributed by atoms with Gasteiger partial charge in [-0.1, -0.05) is 43.3 Å². The summed E-state index contributed by atoms with van der Waals surface area (Å²) in [5.41, 5.74) is 9.18. The number of carbonyl (C=O) groups is 1. The average Bonchev–Trinajstić information content (AvgIpc) is 2.55. The van der Waals surface area contributed by atoms with Crippen LogP contribution in [0.4, 0.5) is 0 Å². The molecule has 0 radical (unpaired) electrons. The molecule has 2 aromatic rings. The van der Waals surface area contributed by atoms with Crippen molar-refractivity contribution in [1.82, 2.24) is 5.32 Å². The highest BCUT2D eigenvalue weighted by Crippen LogP contribution is 2.11. The van der Waals surface area contributed by atoms with Crippen LogP contribution in [0.1, 0.15) is 23.6 Å². The summed E-state index contributed by atoms with van der Waals surface area (Å²) in [7, 11) is 0. The van der Waals surface area contributed by atoms with Crippen molar-refractivity contribution in [3.8, 4) is 5.75 Å². The molecule has 0 aliphatic rings. The van der Waals surface area contributed by atoms with Crippen LogP contribution < -0.4 is 11.1 Å². The van der Waals surface area contributed by atoms with E-state index < -0.39 is 6.04 Å². The smallest absolute Gasteiger partial charge is 0.237 e. The number of rotatable bonds is 6. The topological polar surface area (TPSA) is 75.4 Å². The molecule has 0 aliphatic heterocycles. The molecule has 116 valence electrons. The first kappa shape index (κ1) is 16.0. The summed E-state index contributed by atoms with van der Waals surface area (Å²) in [6.45, 7) is 2.59. The van der Waals surface area contributed by atoms with E-state index in [9.17, 15) is 9.90 Å². The highest BCUT2D eigenvalue weighted by Gasteiger charge is 2.13. The molecule has 0 aliphatic carbocycles. The van der Waals surface area contributed by atoms with E-state index in [1.54, 1.807) is 24.3 Å². The SMILES string of the molecule is CCc1ccc(CNC(=O)[C@@H](N)Cc2ccc(O)cc2)cc1. The minimum absolute atomic E-state index is 0.173. The van der Waals surface area contributed by atoms with Gasteiger partial charge in [0.05, 0.1) is 6.04 Å². The number of aryl methyl sites for hydroxylation is 1. The van der Waals surface area contributed by atoms with Gasteiger partial charge in [0.2, 0.25) is 5.91 Å². The number of nitrogens with one attached hydrogen (secondary N) is 1. The molecule has 4 N–H and O–H groups in total. The molecular formula is C18H22N2O2. The summed E-state index contributed by atoms with van der Waals surface area (Å²) in [4.78, 5) is 12.0. The van der Waals surface area contributed by atoms with Gasteiger partial charge < -0.3 is 16.2 Å². The lowest BCUT2D eigenvalue weighted by atomic mass is 10.1. The number of hydrogen-bond acceptors (Lipinski definition) is 3. The molecule has 2 rings (SSSR count). The fraction of sp³-hybridized carbons (Fsp3) is 0.278. The van der Waals surface area contributed by atoms with Crippen molar-refractivity contribution in [2.75, 3.05) is 0 Å². The Kier molecular flexibility index (Phi) is 5.55. The van der Waals surface area contributed by atoms with Gasteiger partial charge in [-0.25, -0.2) is 0 Å². The van der Waals surface area contributed by atoms with E-state index in [1.807, 2.05) is 12.1 Å². The molecule has 0 saturated carbocycles. The Morgan fingerprint density at radius 2 is 1.59 bits per heavy atom. The first-order valence-corrected chi connectivity index (χ1v) is 7.47. The average molecular weight is 298 g/mol. The second-order valence-corrected chi connectivity index (χ2v) is 5.36. The molecule has 0 heterocycles. The van der Waals surface area contributed by atoms with Crippen molar-refractivity contribution in [1.29, 1.82) is 0 Å². The maximum absolute atomic E-state index is 12.0. The summed E-state index contributed by atoms with van der Waals surface area (Å²) in [6, 6.07) is 14.3. The number of aromatic hydroxyl groups is 1. The number of phenols is 1. The lowest BCUT2D eigenvalue weighted by molar-refractivity contribution is -0.122. The third kappa shape index (κ3) is 4.60. The largest absolute Gasteiger partial charge is 0.508 e. The fourth-order valence-corrected chi connectivity index (χ4v) is 2.19. The van der Waals surface area contributed by atoms with Gasteiger partial charge in [-0.05, 0) is 41.7 Å². The Labute approximate surface area is 131 Å². The maximum atomic E-state index is 12.0. The lowest BCUT2D eigenvalue weighted by Gasteiger charge is -2.12. The Morgan fingerprint density at radius 3 is 2.18 bits per heavy atom. The molecule has 1 atom stereocenters. The maximum Gasteiger partial charge on any atom is 0.237 e. The number of amides is 1. The van der Waals surface area contributed by atoms with Crippen LogP contribution in [-0.2, 0) is 24.2 Å². The van der Waals surface area contributed by atoms with Gasteiger partial charge in [-0.2, -0.15) is 0 Å². The number of phenolic OH excluding ortho intramolecular Hbond substituents is 1. The van der Waals surface area contributed by atoms with Crippen molar-refractivity contribution in [3.05, 3.63) is 65.2 Å². The van der Waals surface area contributed by atoms with E-state index in [0.717, 1.165) is 17.5 Å². The first-order valence-electron chi connectivity index (χ1n) is 7.47. The van der Waals surface area contributed by atoms with Gasteiger partial charge in [0.15, 0.2) is 0 Å². The van der Waals surface area contributed by atoms with Crippen LogP contribution in [0.5, 0.6) is 5.75 Å². The van der Waals surface area contributed by atoms with Gasteiger partial charge in [-0.3, -0.25) is 4.79 Å². The Hall–Kier alpha value is -2.33. The quantitative estimate of drug-likeness (QED) is 0.765. The van der Waals surface area contributed by atoms with Gasteiger partial charge in [0.1, 0.15) is 5.75 Å². The number of nitrogens with two attached hydrogens (primary N) is 1. The van der Waals surface area contributed by atoms with E-state index in [4.69, 9.17) is 5.73 Å². The van der Waals surface area contributed by atoms with Gasteiger partial charge in [-0.15, -0.1) is 0 Å². The lowest BCUT2D eigenvalue weighted by Crippen LogP contribution is -2.41. The fourth-order valence-electron chi connectivity index (χ4n) is 2.19. The monoisotopic (exact) mass is 298 g/mol. The van der Waals surface area contributed by atoms with Crippen LogP contribution in [0, 0.1) is 0 Å². The third-order valence-electron chi connectivity index (χ3n) is 3.63. The van der Waals surface area contributed by atoms with Crippen LogP contribution in [0.3, 0.4) is 0 Å². The molecule has 0 spiro atoms. The predicted octanol–water partition coefficient (Wildman–Crippen LogP) is 2.14. The summed E-state index contributed by atoms with van der Waals surface area (Å²) >= 11 is 0. The summed E-state index contributed by atoms with van der Waals surface area (Å²) < 4.78 is 0. The molecular weight excluding hydrogens is 276 g/mol. The highest BCUT2D eigenvalue weighted by atomic mass is 16.3. The molecule has 0 bridgehead atoms. The van der Waals surface area contributed by atoms with Crippen LogP contribution >= 0.6 is 0 Å². The number of hydrogen-bond donors (Lipinski definition) is 3. The molecule has 0 aromatic heterocycles. The Balaban J connectivity index is 1.84. The molecule has 22 heavy (non-hydrogen) atoms.